The van der Waals surface area contributed by atoms with Gasteiger partial charge in [-0.15, -0.1) is 11.3 Å². The van der Waals surface area contributed by atoms with Crippen LogP contribution < -0.4 is 5.32 Å². The molecule has 0 aliphatic carbocycles. The Labute approximate surface area is 105 Å². The standard InChI is InChI=1S/C12H16N2O2S/c1-8-4-5-9(17-8)6-14-7-10(15)13-12(2,3)11(14)16/h4-5H,6-7H2,1-3H3,(H,13,15). The van der Waals surface area contributed by atoms with Gasteiger partial charge in [-0.25, -0.2) is 0 Å². The topological polar surface area (TPSA) is 49.4 Å². The minimum absolute atomic E-state index is 0.0249. The fraction of sp³-hybridized carbons (Fsp3) is 0.500. The molecular weight excluding hydrogens is 236 g/mol. The smallest absolute Gasteiger partial charge is 0.248 e. The van der Waals surface area contributed by atoms with Gasteiger partial charge in [-0.3, -0.25) is 9.59 Å². The Hall–Kier alpha value is -1.36. The number of nitrogens with one attached hydrogen (secondary N) is 1. The molecule has 1 N–H and O–H groups in total. The molecule has 1 aliphatic heterocycles. The maximum absolute atomic E-state index is 12.1. The van der Waals surface area contributed by atoms with Crippen molar-refractivity contribution in [3.63, 3.8) is 0 Å². The van der Waals surface area contributed by atoms with E-state index in [0.29, 0.717) is 6.54 Å². The van der Waals surface area contributed by atoms with E-state index in [1.165, 1.54) is 4.88 Å². The van der Waals surface area contributed by atoms with Crippen LogP contribution in [0.15, 0.2) is 12.1 Å². The van der Waals surface area contributed by atoms with Gasteiger partial charge in [0.2, 0.25) is 11.8 Å². The van der Waals surface area contributed by atoms with Crippen molar-refractivity contribution in [1.82, 2.24) is 10.2 Å². The molecule has 92 valence electrons. The van der Waals surface area contributed by atoms with E-state index in [2.05, 4.69) is 5.32 Å². The highest BCUT2D eigenvalue weighted by Gasteiger charge is 2.38. The fourth-order valence-corrected chi connectivity index (χ4v) is 2.87. The SMILES string of the molecule is Cc1ccc(CN2CC(=O)NC(C)(C)C2=O)s1. The second-order valence-electron chi connectivity index (χ2n) is 4.85. The fourth-order valence-electron chi connectivity index (χ4n) is 1.97. The van der Waals surface area contributed by atoms with Gasteiger partial charge in [-0.05, 0) is 32.9 Å². The Kier molecular flexibility index (Phi) is 2.95. The summed E-state index contributed by atoms with van der Waals surface area (Å²) in [6.45, 7) is 6.17. The minimum atomic E-state index is -0.790. The van der Waals surface area contributed by atoms with E-state index in [4.69, 9.17) is 0 Å². The number of hydrogen-bond donors (Lipinski definition) is 1. The number of carbonyl (C=O) groups excluding carboxylic acids is 2. The van der Waals surface area contributed by atoms with Crippen LogP contribution in [0.4, 0.5) is 0 Å². The van der Waals surface area contributed by atoms with Gasteiger partial charge in [0, 0.05) is 9.75 Å². The molecule has 1 aliphatic rings. The maximum atomic E-state index is 12.1. The van der Waals surface area contributed by atoms with Crippen LogP contribution in [-0.4, -0.2) is 28.8 Å². The molecule has 5 heteroatoms. The highest BCUT2D eigenvalue weighted by atomic mass is 32.1. The highest BCUT2D eigenvalue weighted by molar-refractivity contribution is 7.11. The molecule has 2 rings (SSSR count). The van der Waals surface area contributed by atoms with Gasteiger partial charge < -0.3 is 10.2 Å². The van der Waals surface area contributed by atoms with E-state index in [9.17, 15) is 9.59 Å². The lowest BCUT2D eigenvalue weighted by Crippen LogP contribution is -2.63. The van der Waals surface area contributed by atoms with Gasteiger partial charge in [0.25, 0.3) is 0 Å². The zero-order valence-corrected chi connectivity index (χ0v) is 11.1. The number of nitrogens with zero attached hydrogens (tertiary/aromatic N) is 1. The van der Waals surface area contributed by atoms with Gasteiger partial charge in [-0.2, -0.15) is 0 Å². The number of carbonyl (C=O) groups is 2. The Balaban J connectivity index is 2.15. The first-order valence-electron chi connectivity index (χ1n) is 5.54. The molecular formula is C12H16N2O2S. The number of aryl methyl sites for hydroxylation is 1. The van der Waals surface area contributed by atoms with Crippen molar-refractivity contribution in [2.24, 2.45) is 0 Å². The summed E-state index contributed by atoms with van der Waals surface area (Å²) in [7, 11) is 0. The first-order chi connectivity index (χ1) is 7.88. The molecule has 0 saturated carbocycles. The normalized spacial score (nSPS) is 19.4. The third kappa shape index (κ3) is 2.49. The van der Waals surface area contributed by atoms with Gasteiger partial charge in [0.05, 0.1) is 6.54 Å². The molecule has 4 nitrogen and oxygen atoms in total. The Bertz CT molecular complexity index is 465. The molecule has 0 aromatic carbocycles. The van der Waals surface area contributed by atoms with E-state index in [0.717, 1.165) is 4.88 Å². The van der Waals surface area contributed by atoms with Crippen LogP contribution in [0, 0.1) is 6.92 Å². The van der Waals surface area contributed by atoms with Gasteiger partial charge in [0.1, 0.15) is 12.1 Å². The molecule has 2 amide bonds. The first-order valence-corrected chi connectivity index (χ1v) is 6.36. The molecule has 1 aromatic heterocycles. The van der Waals surface area contributed by atoms with E-state index in [1.54, 1.807) is 30.1 Å². The zero-order valence-electron chi connectivity index (χ0n) is 10.2. The summed E-state index contributed by atoms with van der Waals surface area (Å²) in [5.74, 6) is -0.119. The molecule has 17 heavy (non-hydrogen) atoms. The number of piperazine rings is 1. The van der Waals surface area contributed by atoms with Crippen LogP contribution in [0.5, 0.6) is 0 Å². The summed E-state index contributed by atoms with van der Waals surface area (Å²) in [6.07, 6.45) is 0. The maximum Gasteiger partial charge on any atom is 0.248 e. The van der Waals surface area contributed by atoms with Gasteiger partial charge in [-0.1, -0.05) is 0 Å². The third-order valence-electron chi connectivity index (χ3n) is 2.75. The zero-order chi connectivity index (χ0) is 12.6. The summed E-state index contributed by atoms with van der Waals surface area (Å²) in [5, 5.41) is 2.70. The first kappa shape index (κ1) is 12.1. The second kappa shape index (κ2) is 4.14. The number of amides is 2. The quantitative estimate of drug-likeness (QED) is 0.862. The lowest BCUT2D eigenvalue weighted by Gasteiger charge is -2.37. The van der Waals surface area contributed by atoms with Gasteiger partial charge >= 0.3 is 0 Å². The molecule has 0 spiro atoms. The molecule has 1 aromatic rings. The van der Waals surface area contributed by atoms with E-state index in [1.807, 2.05) is 19.1 Å². The van der Waals surface area contributed by atoms with Crippen molar-refractivity contribution in [2.45, 2.75) is 32.9 Å². The van der Waals surface area contributed by atoms with Crippen LogP contribution in [0.2, 0.25) is 0 Å². The van der Waals surface area contributed by atoms with Crippen molar-refractivity contribution in [2.75, 3.05) is 6.54 Å². The van der Waals surface area contributed by atoms with Crippen molar-refractivity contribution in [3.8, 4) is 0 Å². The lowest BCUT2D eigenvalue weighted by molar-refractivity contribution is -0.148. The number of hydrogen-bond acceptors (Lipinski definition) is 3. The van der Waals surface area contributed by atoms with Crippen molar-refractivity contribution < 1.29 is 9.59 Å². The summed E-state index contributed by atoms with van der Waals surface area (Å²) in [5.41, 5.74) is -0.790. The predicted octanol–water partition coefficient (Wildman–Crippen LogP) is 1.29. The number of rotatable bonds is 2. The summed E-state index contributed by atoms with van der Waals surface area (Å²) in [6, 6.07) is 4.03. The average molecular weight is 252 g/mol. The van der Waals surface area contributed by atoms with Crippen molar-refractivity contribution in [1.29, 1.82) is 0 Å². The summed E-state index contributed by atoms with van der Waals surface area (Å²) < 4.78 is 0. The molecule has 0 unspecified atom stereocenters. The molecule has 1 saturated heterocycles. The van der Waals surface area contributed by atoms with Crippen LogP contribution in [0.3, 0.4) is 0 Å². The molecule has 0 bridgehead atoms. The Morgan fingerprint density at radius 3 is 2.71 bits per heavy atom. The monoisotopic (exact) mass is 252 g/mol. The highest BCUT2D eigenvalue weighted by Crippen LogP contribution is 2.20. The largest absolute Gasteiger partial charge is 0.341 e. The minimum Gasteiger partial charge on any atom is -0.341 e. The van der Waals surface area contributed by atoms with Crippen LogP contribution in [-0.2, 0) is 16.1 Å². The molecule has 1 fully saturated rings. The summed E-state index contributed by atoms with van der Waals surface area (Å²) in [4.78, 5) is 27.6. The van der Waals surface area contributed by atoms with E-state index >= 15 is 0 Å². The van der Waals surface area contributed by atoms with Crippen LogP contribution in [0.25, 0.3) is 0 Å². The van der Waals surface area contributed by atoms with Gasteiger partial charge in [0.15, 0.2) is 0 Å². The van der Waals surface area contributed by atoms with Crippen LogP contribution in [0.1, 0.15) is 23.6 Å². The number of thiophene rings is 1. The van der Waals surface area contributed by atoms with Crippen LogP contribution >= 0.6 is 11.3 Å². The predicted molar refractivity (Wildman–Crippen MR) is 66.7 cm³/mol. The van der Waals surface area contributed by atoms with Crippen molar-refractivity contribution >= 4 is 23.2 Å². The summed E-state index contributed by atoms with van der Waals surface area (Å²) >= 11 is 1.66. The second-order valence-corrected chi connectivity index (χ2v) is 6.22. The third-order valence-corrected chi connectivity index (χ3v) is 3.74. The molecule has 2 heterocycles. The van der Waals surface area contributed by atoms with Crippen molar-refractivity contribution in [3.05, 3.63) is 21.9 Å². The molecule has 0 radical (unpaired) electrons. The van der Waals surface area contributed by atoms with E-state index in [-0.39, 0.29) is 18.4 Å². The molecule has 0 atom stereocenters. The Morgan fingerprint density at radius 1 is 1.41 bits per heavy atom. The average Bonchev–Trinajstić information content (AvgIpc) is 2.59. The van der Waals surface area contributed by atoms with E-state index < -0.39 is 5.54 Å². The lowest BCUT2D eigenvalue weighted by atomic mass is 10.0. The Morgan fingerprint density at radius 2 is 2.12 bits per heavy atom.